The number of aromatic nitrogens is 2. The average Bonchev–Trinajstić information content (AvgIpc) is 3.43. The first-order chi connectivity index (χ1) is 15.5. The summed E-state index contributed by atoms with van der Waals surface area (Å²) in [6.45, 7) is 7.67. The zero-order valence-electron chi connectivity index (χ0n) is 18.8. The van der Waals surface area contributed by atoms with Crippen molar-refractivity contribution in [3.8, 4) is 5.75 Å². The summed E-state index contributed by atoms with van der Waals surface area (Å²) in [5.74, 6) is 1.77. The number of benzene rings is 2. The van der Waals surface area contributed by atoms with Crippen LogP contribution in [-0.2, 0) is 6.54 Å². The van der Waals surface area contributed by atoms with Crippen LogP contribution in [0.2, 0.25) is 0 Å². The molecule has 6 heteroatoms. The van der Waals surface area contributed by atoms with Gasteiger partial charge >= 0.3 is 0 Å². The standard InChI is InChI=1S/C26H29N3O2S/c1-18-12-13-23(19(2)17-18)31-15-7-6-14-29-22-10-5-4-9-21(22)28-25(29)20(3)27-26(30)24-11-8-16-32-24/h4-5,8-13,16-17,20H,6-7,14-15H2,1-3H3,(H,27,30). The summed E-state index contributed by atoms with van der Waals surface area (Å²) in [4.78, 5) is 18.1. The average molecular weight is 448 g/mol. The third kappa shape index (κ3) is 5.02. The van der Waals surface area contributed by atoms with Crippen LogP contribution >= 0.6 is 11.3 Å². The van der Waals surface area contributed by atoms with Crippen molar-refractivity contribution in [1.82, 2.24) is 14.9 Å². The fourth-order valence-corrected chi connectivity index (χ4v) is 4.54. The zero-order valence-corrected chi connectivity index (χ0v) is 19.6. The van der Waals surface area contributed by atoms with Crippen LogP contribution in [0.15, 0.2) is 60.0 Å². The number of nitrogens with one attached hydrogen (secondary N) is 1. The molecule has 2 aromatic heterocycles. The minimum absolute atomic E-state index is 0.0621. The van der Waals surface area contributed by atoms with Gasteiger partial charge in [-0.05, 0) is 68.8 Å². The van der Waals surface area contributed by atoms with Gasteiger partial charge in [-0.15, -0.1) is 11.3 Å². The van der Waals surface area contributed by atoms with Gasteiger partial charge in [-0.3, -0.25) is 4.79 Å². The number of unbranched alkanes of at least 4 members (excludes halogenated alkanes) is 1. The van der Waals surface area contributed by atoms with E-state index in [1.165, 1.54) is 22.5 Å². The van der Waals surface area contributed by atoms with Crippen molar-refractivity contribution in [2.24, 2.45) is 0 Å². The highest BCUT2D eigenvalue weighted by Gasteiger charge is 2.19. The van der Waals surface area contributed by atoms with Crippen molar-refractivity contribution in [2.45, 2.75) is 46.2 Å². The predicted octanol–water partition coefficient (Wildman–Crippen LogP) is 6.06. The van der Waals surface area contributed by atoms with Gasteiger partial charge in [0.05, 0.1) is 28.6 Å². The van der Waals surface area contributed by atoms with Gasteiger partial charge in [0.2, 0.25) is 0 Å². The number of thiophene rings is 1. The van der Waals surface area contributed by atoms with E-state index in [0.717, 1.165) is 42.0 Å². The van der Waals surface area contributed by atoms with Crippen molar-refractivity contribution in [1.29, 1.82) is 0 Å². The Labute approximate surface area is 193 Å². The van der Waals surface area contributed by atoms with E-state index in [0.29, 0.717) is 11.5 Å². The molecular weight excluding hydrogens is 418 g/mol. The lowest BCUT2D eigenvalue weighted by Crippen LogP contribution is -2.28. The first kappa shape index (κ1) is 22.1. The number of nitrogens with zero attached hydrogens (tertiary/aromatic N) is 2. The molecule has 4 aromatic rings. The van der Waals surface area contributed by atoms with E-state index in [2.05, 4.69) is 41.9 Å². The maximum Gasteiger partial charge on any atom is 0.261 e. The summed E-state index contributed by atoms with van der Waals surface area (Å²) in [5, 5.41) is 5.01. The summed E-state index contributed by atoms with van der Waals surface area (Å²) in [6.07, 6.45) is 1.90. The van der Waals surface area contributed by atoms with E-state index in [9.17, 15) is 4.79 Å². The second kappa shape index (κ2) is 10.0. The minimum atomic E-state index is -0.191. The van der Waals surface area contributed by atoms with Crippen molar-refractivity contribution in [2.75, 3.05) is 6.61 Å². The maximum atomic E-state index is 12.5. The Morgan fingerprint density at radius 3 is 2.75 bits per heavy atom. The van der Waals surface area contributed by atoms with Gasteiger partial charge in [0.25, 0.3) is 5.91 Å². The number of fused-ring (bicyclic) bond motifs is 1. The molecule has 1 amide bonds. The van der Waals surface area contributed by atoms with Crippen LogP contribution in [0.1, 0.15) is 52.4 Å². The number of imidazole rings is 1. The fraction of sp³-hybridized carbons (Fsp3) is 0.308. The van der Waals surface area contributed by atoms with Crippen molar-refractivity contribution < 1.29 is 9.53 Å². The molecule has 0 saturated heterocycles. The number of ether oxygens (including phenoxy) is 1. The molecule has 0 aliphatic rings. The third-order valence-electron chi connectivity index (χ3n) is 5.53. The molecule has 32 heavy (non-hydrogen) atoms. The topological polar surface area (TPSA) is 56.1 Å². The molecule has 0 aliphatic heterocycles. The second-order valence-electron chi connectivity index (χ2n) is 8.11. The lowest BCUT2D eigenvalue weighted by Gasteiger charge is -2.16. The molecule has 0 saturated carbocycles. The van der Waals surface area contributed by atoms with Crippen molar-refractivity contribution in [3.63, 3.8) is 0 Å². The lowest BCUT2D eigenvalue weighted by molar-refractivity contribution is 0.0941. The van der Waals surface area contributed by atoms with Crippen LogP contribution in [0, 0.1) is 13.8 Å². The molecule has 0 fully saturated rings. The summed E-state index contributed by atoms with van der Waals surface area (Å²) < 4.78 is 8.22. The second-order valence-corrected chi connectivity index (χ2v) is 9.06. The number of rotatable bonds is 9. The molecule has 0 radical (unpaired) electrons. The minimum Gasteiger partial charge on any atom is -0.493 e. The Kier molecular flexibility index (Phi) is 6.90. The van der Waals surface area contributed by atoms with Crippen LogP contribution in [0.4, 0.5) is 0 Å². The molecule has 166 valence electrons. The summed E-state index contributed by atoms with van der Waals surface area (Å²) >= 11 is 1.44. The number of para-hydroxylation sites is 2. The molecule has 0 spiro atoms. The van der Waals surface area contributed by atoms with Crippen LogP contribution in [0.5, 0.6) is 5.75 Å². The van der Waals surface area contributed by atoms with E-state index in [-0.39, 0.29) is 11.9 Å². The van der Waals surface area contributed by atoms with Crippen molar-refractivity contribution in [3.05, 3.63) is 81.8 Å². The largest absolute Gasteiger partial charge is 0.493 e. The summed E-state index contributed by atoms with van der Waals surface area (Å²) in [5.41, 5.74) is 4.46. The highest BCUT2D eigenvalue weighted by molar-refractivity contribution is 7.12. The van der Waals surface area contributed by atoms with Gasteiger partial charge < -0.3 is 14.6 Å². The number of hydrogen-bond donors (Lipinski definition) is 1. The molecule has 1 N–H and O–H groups in total. The van der Waals surface area contributed by atoms with Crippen LogP contribution in [0.3, 0.4) is 0 Å². The smallest absolute Gasteiger partial charge is 0.261 e. The van der Waals surface area contributed by atoms with Gasteiger partial charge in [0.1, 0.15) is 11.6 Å². The van der Waals surface area contributed by atoms with E-state index in [1.807, 2.05) is 48.7 Å². The maximum absolute atomic E-state index is 12.5. The number of amides is 1. The highest BCUT2D eigenvalue weighted by Crippen LogP contribution is 2.23. The number of carbonyl (C=O) groups excluding carboxylic acids is 1. The Hall–Kier alpha value is -3.12. The highest BCUT2D eigenvalue weighted by atomic mass is 32.1. The Balaban J connectivity index is 1.41. The normalized spacial score (nSPS) is 12.1. The SMILES string of the molecule is Cc1ccc(OCCCCn2c(C(C)NC(=O)c3cccs3)nc3ccccc32)c(C)c1. The first-order valence-corrected chi connectivity index (χ1v) is 11.9. The Bertz CT molecular complexity index is 1200. The quantitative estimate of drug-likeness (QED) is 0.317. The molecule has 0 bridgehead atoms. The monoisotopic (exact) mass is 447 g/mol. The molecule has 4 rings (SSSR count). The van der Waals surface area contributed by atoms with Crippen molar-refractivity contribution >= 4 is 28.3 Å². The van der Waals surface area contributed by atoms with Gasteiger partial charge in [0, 0.05) is 6.54 Å². The summed E-state index contributed by atoms with van der Waals surface area (Å²) in [7, 11) is 0. The van der Waals surface area contributed by atoms with E-state index < -0.39 is 0 Å². The zero-order chi connectivity index (χ0) is 22.5. The van der Waals surface area contributed by atoms with Crippen LogP contribution in [-0.4, -0.2) is 22.1 Å². The van der Waals surface area contributed by atoms with E-state index in [4.69, 9.17) is 9.72 Å². The predicted molar refractivity (Wildman–Crippen MR) is 131 cm³/mol. The molecule has 0 aliphatic carbocycles. The lowest BCUT2D eigenvalue weighted by atomic mass is 10.1. The van der Waals surface area contributed by atoms with Gasteiger partial charge in [-0.25, -0.2) is 4.98 Å². The van der Waals surface area contributed by atoms with Gasteiger partial charge in [-0.1, -0.05) is 35.9 Å². The first-order valence-electron chi connectivity index (χ1n) is 11.0. The molecule has 2 aromatic carbocycles. The Morgan fingerprint density at radius 2 is 1.97 bits per heavy atom. The number of carbonyl (C=O) groups is 1. The fourth-order valence-electron chi connectivity index (χ4n) is 3.92. The van der Waals surface area contributed by atoms with Gasteiger partial charge in [-0.2, -0.15) is 0 Å². The Morgan fingerprint density at radius 1 is 1.12 bits per heavy atom. The molecule has 2 heterocycles. The van der Waals surface area contributed by atoms with E-state index in [1.54, 1.807) is 0 Å². The third-order valence-corrected chi connectivity index (χ3v) is 6.40. The van der Waals surface area contributed by atoms with Crippen LogP contribution in [0.25, 0.3) is 11.0 Å². The molecule has 1 atom stereocenters. The van der Waals surface area contributed by atoms with Gasteiger partial charge in [0.15, 0.2) is 0 Å². The summed E-state index contributed by atoms with van der Waals surface area (Å²) in [6, 6.07) is 17.9. The molecule has 1 unspecified atom stereocenters. The number of hydrogen-bond acceptors (Lipinski definition) is 4. The van der Waals surface area contributed by atoms with Crippen LogP contribution < -0.4 is 10.1 Å². The van der Waals surface area contributed by atoms with E-state index >= 15 is 0 Å². The molecule has 5 nitrogen and oxygen atoms in total. The number of aryl methyl sites for hydroxylation is 3. The molecular formula is C26H29N3O2S.